The summed E-state index contributed by atoms with van der Waals surface area (Å²) in [5.74, 6) is -0.981. The van der Waals surface area contributed by atoms with Crippen molar-refractivity contribution in [2.45, 2.75) is 200 Å². The van der Waals surface area contributed by atoms with Crippen molar-refractivity contribution in [1.29, 1.82) is 0 Å². The van der Waals surface area contributed by atoms with Gasteiger partial charge in [-0.15, -0.1) is 0 Å². The Kier molecular flexibility index (Phi) is 40.2. The lowest BCUT2D eigenvalue weighted by Crippen LogP contribution is -2.29. The van der Waals surface area contributed by atoms with Gasteiger partial charge in [0.15, 0.2) is 6.10 Å². The maximum absolute atomic E-state index is 12.4. The van der Waals surface area contributed by atoms with Crippen LogP contribution in [-0.4, -0.2) is 41.0 Å². The zero-order valence-electron chi connectivity index (χ0n) is 35.5. The minimum absolute atomic E-state index is 0.140. The van der Waals surface area contributed by atoms with Crippen LogP contribution in [0.2, 0.25) is 0 Å². The number of rotatable bonds is 40. The first kappa shape index (κ1) is 53.5. The highest BCUT2D eigenvalue weighted by molar-refractivity contribution is 7.46. The molecule has 0 fully saturated rings. The summed E-state index contributed by atoms with van der Waals surface area (Å²) in [5.41, 5.74) is 0. The average Bonchev–Trinajstić information content (AvgIpc) is 3.17. The molecule has 0 rings (SSSR count). The summed E-state index contributed by atoms with van der Waals surface area (Å²) < 4.78 is 26.4. The number of hydrogen-bond donors (Lipinski definition) is 2. The van der Waals surface area contributed by atoms with E-state index in [0.717, 1.165) is 57.8 Å². The third-order valence-electron chi connectivity index (χ3n) is 9.25. The Morgan fingerprint density at radius 1 is 0.482 bits per heavy atom. The van der Waals surface area contributed by atoms with E-state index in [2.05, 4.69) is 79.1 Å². The minimum Gasteiger partial charge on any atom is -0.462 e. The van der Waals surface area contributed by atoms with E-state index in [4.69, 9.17) is 19.3 Å². The van der Waals surface area contributed by atoms with Crippen molar-refractivity contribution in [3.05, 3.63) is 72.9 Å². The van der Waals surface area contributed by atoms with Crippen LogP contribution in [0.3, 0.4) is 0 Å². The fourth-order valence-corrected chi connectivity index (χ4v) is 6.35. The molecule has 8 nitrogen and oxygen atoms in total. The molecule has 0 spiro atoms. The van der Waals surface area contributed by atoms with Gasteiger partial charge in [-0.1, -0.05) is 202 Å². The highest BCUT2D eigenvalue weighted by Gasteiger charge is 2.22. The Morgan fingerprint density at radius 3 is 1.25 bits per heavy atom. The van der Waals surface area contributed by atoms with Gasteiger partial charge in [-0.05, 0) is 51.4 Å². The molecule has 2 N–H and O–H groups in total. The van der Waals surface area contributed by atoms with Gasteiger partial charge in [0, 0.05) is 12.8 Å². The number of unbranched alkanes of at least 4 members (excludes halogenated alkanes) is 18. The van der Waals surface area contributed by atoms with Crippen LogP contribution in [0.25, 0.3) is 0 Å². The molecule has 0 aromatic rings. The van der Waals surface area contributed by atoms with Crippen LogP contribution in [-0.2, 0) is 28.2 Å². The van der Waals surface area contributed by atoms with E-state index in [1.165, 1.54) is 96.3 Å². The molecule has 0 radical (unpaired) electrons. The number of phosphoric acid groups is 1. The second-order valence-corrected chi connectivity index (χ2v) is 15.9. The number of carbonyl (C=O) groups is 2. The fourth-order valence-electron chi connectivity index (χ4n) is 5.99. The molecule has 9 heteroatoms. The van der Waals surface area contributed by atoms with E-state index in [9.17, 15) is 14.2 Å². The number of carbonyl (C=O) groups excluding carboxylic acids is 2. The van der Waals surface area contributed by atoms with E-state index < -0.39 is 32.5 Å². The zero-order valence-corrected chi connectivity index (χ0v) is 36.4. The van der Waals surface area contributed by atoms with Crippen molar-refractivity contribution in [3.8, 4) is 0 Å². The predicted octanol–water partition coefficient (Wildman–Crippen LogP) is 13.9. The molecule has 0 unspecified atom stereocenters. The maximum Gasteiger partial charge on any atom is 0.469 e. The van der Waals surface area contributed by atoms with Crippen LogP contribution in [0.5, 0.6) is 0 Å². The van der Waals surface area contributed by atoms with E-state index in [1.807, 2.05) is 12.2 Å². The second kappa shape index (κ2) is 42.1. The average molecular weight is 805 g/mol. The van der Waals surface area contributed by atoms with Crippen molar-refractivity contribution in [2.24, 2.45) is 0 Å². The van der Waals surface area contributed by atoms with E-state index in [0.29, 0.717) is 12.8 Å². The molecule has 1 atom stereocenters. The van der Waals surface area contributed by atoms with Crippen LogP contribution in [0, 0.1) is 0 Å². The van der Waals surface area contributed by atoms with Gasteiger partial charge in [0.05, 0.1) is 6.61 Å². The summed E-state index contributed by atoms with van der Waals surface area (Å²) in [6.45, 7) is 3.52. The quantitative estimate of drug-likeness (QED) is 0.0272. The summed E-state index contributed by atoms with van der Waals surface area (Å²) in [6.07, 6.45) is 55.0. The SMILES string of the molecule is CC/C=C/C/C=C/C/C=C/C/C=C/C/C=C/C/C=C/CCC(=O)OC[C@H](COP(=O)(O)O)OC(=O)CCCCCCCCCCCCCCCCCCCCC. The van der Waals surface area contributed by atoms with Gasteiger partial charge in [-0.25, -0.2) is 4.57 Å². The Hall–Kier alpha value is -2.51. The lowest BCUT2D eigenvalue weighted by molar-refractivity contribution is -0.161. The number of ether oxygens (including phenoxy) is 2. The molecule has 0 aliphatic carbocycles. The molecule has 0 amide bonds. The van der Waals surface area contributed by atoms with Crippen molar-refractivity contribution in [3.63, 3.8) is 0 Å². The molecular formula is C47H81O8P. The molecule has 0 heterocycles. The molecule has 0 aliphatic heterocycles. The maximum atomic E-state index is 12.4. The predicted molar refractivity (Wildman–Crippen MR) is 234 cm³/mol. The van der Waals surface area contributed by atoms with Crippen molar-refractivity contribution >= 4 is 19.8 Å². The molecule has 0 saturated carbocycles. The monoisotopic (exact) mass is 805 g/mol. The third kappa shape index (κ3) is 44.2. The van der Waals surface area contributed by atoms with Crippen molar-refractivity contribution < 1.29 is 37.9 Å². The highest BCUT2D eigenvalue weighted by atomic mass is 31.2. The second-order valence-electron chi connectivity index (χ2n) is 14.6. The molecular weight excluding hydrogens is 723 g/mol. The summed E-state index contributed by atoms with van der Waals surface area (Å²) in [7, 11) is -4.77. The summed E-state index contributed by atoms with van der Waals surface area (Å²) >= 11 is 0. The highest BCUT2D eigenvalue weighted by Crippen LogP contribution is 2.36. The fraction of sp³-hybridized carbons (Fsp3) is 0.702. The Bertz CT molecular complexity index is 1130. The molecule has 56 heavy (non-hydrogen) atoms. The van der Waals surface area contributed by atoms with Crippen LogP contribution < -0.4 is 0 Å². The Labute approximate surface area is 342 Å². The lowest BCUT2D eigenvalue weighted by Gasteiger charge is -2.18. The molecule has 0 aromatic carbocycles. The van der Waals surface area contributed by atoms with Crippen LogP contribution in [0.1, 0.15) is 194 Å². The van der Waals surface area contributed by atoms with Crippen LogP contribution in [0.4, 0.5) is 0 Å². The number of allylic oxidation sites excluding steroid dienone is 12. The van der Waals surface area contributed by atoms with E-state index >= 15 is 0 Å². The first-order chi connectivity index (χ1) is 27.3. The molecule has 0 aliphatic rings. The molecule has 0 bridgehead atoms. The summed E-state index contributed by atoms with van der Waals surface area (Å²) in [5, 5.41) is 0. The molecule has 0 aromatic heterocycles. The first-order valence-electron chi connectivity index (χ1n) is 22.2. The smallest absolute Gasteiger partial charge is 0.462 e. The lowest BCUT2D eigenvalue weighted by atomic mass is 10.0. The Morgan fingerprint density at radius 2 is 0.857 bits per heavy atom. The van der Waals surface area contributed by atoms with E-state index in [1.54, 1.807) is 0 Å². The van der Waals surface area contributed by atoms with E-state index in [-0.39, 0.29) is 19.4 Å². The van der Waals surface area contributed by atoms with Gasteiger partial charge in [-0.3, -0.25) is 14.1 Å². The standard InChI is InChI=1S/C47H81O8P/c1-3-5-7-9-11-13-15-17-19-21-23-25-27-29-31-33-35-37-39-41-46(48)53-43-45(44-54-56(50,51)52)55-47(49)42-40-38-36-34-32-30-28-26-24-22-20-18-16-14-12-10-8-6-4-2/h5,7,11,13,17,19,23,25,29,31,35,37,45H,3-4,6,8-10,12,14-16,18,20-22,24,26-28,30,32-34,36,38-44H2,1-2H3,(H2,50,51,52)/b7-5+,13-11+,19-17+,25-23+,31-29+,37-35+/t45-/m1/s1. The van der Waals surface area contributed by atoms with Gasteiger partial charge < -0.3 is 19.3 Å². The number of phosphoric ester groups is 1. The van der Waals surface area contributed by atoms with Crippen molar-refractivity contribution in [2.75, 3.05) is 13.2 Å². The van der Waals surface area contributed by atoms with Gasteiger partial charge in [0.2, 0.25) is 0 Å². The summed E-state index contributed by atoms with van der Waals surface area (Å²) in [4.78, 5) is 42.9. The largest absolute Gasteiger partial charge is 0.469 e. The molecule has 322 valence electrons. The molecule has 0 saturated heterocycles. The van der Waals surface area contributed by atoms with Gasteiger partial charge in [0.1, 0.15) is 6.61 Å². The zero-order chi connectivity index (χ0) is 41.1. The van der Waals surface area contributed by atoms with Crippen LogP contribution in [0.15, 0.2) is 72.9 Å². The normalized spacial score (nSPS) is 13.1. The van der Waals surface area contributed by atoms with Gasteiger partial charge >= 0.3 is 19.8 Å². The van der Waals surface area contributed by atoms with Gasteiger partial charge in [-0.2, -0.15) is 0 Å². The topological polar surface area (TPSA) is 119 Å². The van der Waals surface area contributed by atoms with Gasteiger partial charge in [0.25, 0.3) is 0 Å². The third-order valence-corrected chi connectivity index (χ3v) is 9.74. The summed E-state index contributed by atoms with van der Waals surface area (Å²) in [6, 6.07) is 0. The number of esters is 2. The first-order valence-corrected chi connectivity index (χ1v) is 23.8. The number of hydrogen-bond acceptors (Lipinski definition) is 6. The Balaban J connectivity index is 4.00. The van der Waals surface area contributed by atoms with Crippen molar-refractivity contribution in [1.82, 2.24) is 0 Å². The van der Waals surface area contributed by atoms with Crippen LogP contribution >= 0.6 is 7.82 Å². The minimum atomic E-state index is -4.77.